The van der Waals surface area contributed by atoms with Gasteiger partial charge in [0.2, 0.25) is 11.1 Å². The molecule has 0 spiro atoms. The number of hydrogen-bond acceptors (Lipinski definition) is 5. The van der Waals surface area contributed by atoms with Gasteiger partial charge in [0, 0.05) is 17.1 Å². The number of nitrogens with zero attached hydrogens (tertiary/aromatic N) is 3. The van der Waals surface area contributed by atoms with Crippen LogP contribution in [0.25, 0.3) is 0 Å². The van der Waals surface area contributed by atoms with E-state index in [2.05, 4.69) is 52.1 Å². The molecule has 6 nitrogen and oxygen atoms in total. The highest BCUT2D eigenvalue weighted by atomic mass is 35.5. The predicted octanol–water partition coefficient (Wildman–Crippen LogP) is 4.59. The third kappa shape index (κ3) is 4.26. The second-order valence-electron chi connectivity index (χ2n) is 7.04. The first-order chi connectivity index (χ1) is 14.0. The van der Waals surface area contributed by atoms with E-state index >= 15 is 0 Å². The Bertz CT molecular complexity index is 1020. The molecule has 0 aliphatic carbocycles. The summed E-state index contributed by atoms with van der Waals surface area (Å²) in [6.45, 7) is 4.16. The second-order valence-corrected chi connectivity index (χ2v) is 8.58. The van der Waals surface area contributed by atoms with Gasteiger partial charge in [0.25, 0.3) is 0 Å². The zero-order valence-electron chi connectivity index (χ0n) is 16.2. The zero-order valence-corrected chi connectivity index (χ0v) is 17.8. The molecule has 8 heteroatoms. The van der Waals surface area contributed by atoms with Crippen LogP contribution < -0.4 is 10.7 Å². The van der Waals surface area contributed by atoms with E-state index in [0.717, 1.165) is 24.2 Å². The lowest BCUT2D eigenvalue weighted by molar-refractivity contribution is -0.116. The minimum Gasteiger partial charge on any atom is -0.325 e. The molecule has 1 amide bonds. The summed E-state index contributed by atoms with van der Waals surface area (Å²) in [5.74, 6) is 0.766. The highest BCUT2D eigenvalue weighted by Gasteiger charge is 2.37. The minimum atomic E-state index is -0.414. The average molecular weight is 428 g/mol. The van der Waals surface area contributed by atoms with E-state index < -0.39 is 5.25 Å². The summed E-state index contributed by atoms with van der Waals surface area (Å²) in [5, 5.41) is 12.4. The van der Waals surface area contributed by atoms with Crippen molar-refractivity contribution in [2.45, 2.75) is 43.1 Å². The van der Waals surface area contributed by atoms with Gasteiger partial charge in [0.15, 0.2) is 5.82 Å². The van der Waals surface area contributed by atoms with Crippen LogP contribution in [0.4, 0.5) is 5.69 Å². The molecule has 1 aromatic heterocycles. The normalized spacial score (nSPS) is 18.0. The number of carbonyl (C=O) groups is 1. The van der Waals surface area contributed by atoms with E-state index in [1.807, 2.05) is 23.7 Å². The van der Waals surface area contributed by atoms with Gasteiger partial charge in [-0.05, 0) is 37.1 Å². The standard InChI is InChI=1S/C21H22ClN5OS/c1-3-5-17-24-25-21-27(17)26-18(14-10-8-13(2)9-11-14)19(29-21)20(28)23-16-7-4-6-15(22)12-16/h4,6-12,18-19,26H,3,5H2,1-2H3,(H,23,28)/t18-,19+/m1/s1. The number of aryl methyl sites for hydroxylation is 2. The van der Waals surface area contributed by atoms with Gasteiger partial charge < -0.3 is 10.7 Å². The maximum absolute atomic E-state index is 13.2. The van der Waals surface area contributed by atoms with Crippen LogP contribution in [0.15, 0.2) is 53.7 Å². The number of thioether (sulfide) groups is 1. The third-order valence-electron chi connectivity index (χ3n) is 4.76. The molecular formula is C21H22ClN5OS. The molecule has 0 saturated carbocycles. The summed E-state index contributed by atoms with van der Waals surface area (Å²) in [6.07, 6.45) is 1.79. The van der Waals surface area contributed by atoms with Crippen molar-refractivity contribution >= 4 is 35.0 Å². The summed E-state index contributed by atoms with van der Waals surface area (Å²) in [7, 11) is 0. The quantitative estimate of drug-likeness (QED) is 0.623. The molecule has 0 saturated heterocycles. The van der Waals surface area contributed by atoms with Gasteiger partial charge in [0.1, 0.15) is 5.25 Å². The average Bonchev–Trinajstić information content (AvgIpc) is 3.10. The van der Waals surface area contributed by atoms with Crippen molar-refractivity contribution in [3.8, 4) is 0 Å². The molecule has 0 unspecified atom stereocenters. The molecule has 2 aromatic carbocycles. The van der Waals surface area contributed by atoms with Gasteiger partial charge in [-0.1, -0.05) is 66.2 Å². The minimum absolute atomic E-state index is 0.110. The topological polar surface area (TPSA) is 71.8 Å². The number of anilines is 1. The van der Waals surface area contributed by atoms with Gasteiger partial charge in [-0.15, -0.1) is 10.2 Å². The van der Waals surface area contributed by atoms with Crippen molar-refractivity contribution in [1.82, 2.24) is 14.9 Å². The summed E-state index contributed by atoms with van der Waals surface area (Å²) in [5.41, 5.74) is 6.36. The summed E-state index contributed by atoms with van der Waals surface area (Å²) < 4.78 is 1.92. The van der Waals surface area contributed by atoms with Gasteiger partial charge >= 0.3 is 0 Å². The number of carbonyl (C=O) groups excluding carboxylic acids is 1. The smallest absolute Gasteiger partial charge is 0.240 e. The number of fused-ring (bicyclic) bond motifs is 1. The summed E-state index contributed by atoms with van der Waals surface area (Å²) in [4.78, 5) is 13.2. The van der Waals surface area contributed by atoms with Crippen LogP contribution in [0.3, 0.4) is 0 Å². The molecule has 150 valence electrons. The number of rotatable bonds is 5. The Morgan fingerprint density at radius 2 is 2.03 bits per heavy atom. The first kappa shape index (κ1) is 19.8. The van der Waals surface area contributed by atoms with Crippen LogP contribution in [-0.2, 0) is 11.2 Å². The maximum Gasteiger partial charge on any atom is 0.240 e. The summed E-state index contributed by atoms with van der Waals surface area (Å²) >= 11 is 7.49. The van der Waals surface area contributed by atoms with E-state index in [-0.39, 0.29) is 11.9 Å². The Hall–Kier alpha value is -2.51. The fourth-order valence-electron chi connectivity index (χ4n) is 3.29. The fourth-order valence-corrected chi connectivity index (χ4v) is 4.58. The van der Waals surface area contributed by atoms with Crippen LogP contribution in [0.1, 0.15) is 36.3 Å². The SMILES string of the molecule is CCCc1nnc2n1N[C@H](c1ccc(C)cc1)[C@@H](C(=O)Nc1cccc(Cl)c1)S2. The number of benzene rings is 2. The second kappa shape index (κ2) is 8.47. The van der Waals surface area contributed by atoms with E-state index in [0.29, 0.717) is 15.9 Å². The van der Waals surface area contributed by atoms with Crippen molar-refractivity contribution in [3.63, 3.8) is 0 Å². The monoisotopic (exact) mass is 427 g/mol. The van der Waals surface area contributed by atoms with Crippen LogP contribution in [-0.4, -0.2) is 26.0 Å². The molecule has 1 aliphatic rings. The van der Waals surface area contributed by atoms with Crippen LogP contribution >= 0.6 is 23.4 Å². The predicted molar refractivity (Wildman–Crippen MR) is 117 cm³/mol. The molecule has 2 atom stereocenters. The lowest BCUT2D eigenvalue weighted by Crippen LogP contribution is -2.41. The number of hydrogen-bond donors (Lipinski definition) is 2. The first-order valence-electron chi connectivity index (χ1n) is 9.55. The highest BCUT2D eigenvalue weighted by molar-refractivity contribution is 8.00. The van der Waals surface area contributed by atoms with Crippen LogP contribution in [0.2, 0.25) is 5.02 Å². The van der Waals surface area contributed by atoms with Gasteiger partial charge in [-0.2, -0.15) is 0 Å². The Kier molecular flexibility index (Phi) is 5.78. The largest absolute Gasteiger partial charge is 0.325 e. The molecule has 0 radical (unpaired) electrons. The lowest BCUT2D eigenvalue weighted by Gasteiger charge is -2.33. The van der Waals surface area contributed by atoms with Gasteiger partial charge in [-0.3, -0.25) is 4.79 Å². The molecule has 2 N–H and O–H groups in total. The number of amides is 1. The van der Waals surface area contributed by atoms with Crippen molar-refractivity contribution in [3.05, 3.63) is 70.5 Å². The molecule has 1 aliphatic heterocycles. The third-order valence-corrected chi connectivity index (χ3v) is 6.21. The Balaban J connectivity index is 1.66. The molecule has 29 heavy (non-hydrogen) atoms. The summed E-state index contributed by atoms with van der Waals surface area (Å²) in [6, 6.07) is 15.2. The number of nitrogens with one attached hydrogen (secondary N) is 2. The number of halogens is 1. The highest BCUT2D eigenvalue weighted by Crippen LogP contribution is 2.37. The fraction of sp³-hybridized carbons (Fsp3) is 0.286. The lowest BCUT2D eigenvalue weighted by atomic mass is 10.0. The van der Waals surface area contributed by atoms with Crippen LogP contribution in [0, 0.1) is 6.92 Å². The van der Waals surface area contributed by atoms with E-state index in [9.17, 15) is 4.79 Å². The van der Waals surface area contributed by atoms with E-state index in [1.54, 1.807) is 12.1 Å². The molecule has 0 bridgehead atoms. The zero-order chi connectivity index (χ0) is 20.4. The molecule has 0 fully saturated rings. The van der Waals surface area contributed by atoms with Gasteiger partial charge in [0.05, 0.1) is 6.04 Å². The molecule has 2 heterocycles. The van der Waals surface area contributed by atoms with Gasteiger partial charge in [-0.25, -0.2) is 4.68 Å². The van der Waals surface area contributed by atoms with E-state index in [1.165, 1.54) is 17.3 Å². The molecular weight excluding hydrogens is 406 g/mol. The first-order valence-corrected chi connectivity index (χ1v) is 10.8. The van der Waals surface area contributed by atoms with Crippen molar-refractivity contribution in [2.75, 3.05) is 10.7 Å². The molecule has 4 rings (SSSR count). The Morgan fingerprint density at radius 1 is 1.24 bits per heavy atom. The maximum atomic E-state index is 13.2. The molecule has 3 aromatic rings. The number of aromatic nitrogens is 3. The van der Waals surface area contributed by atoms with Crippen LogP contribution in [0.5, 0.6) is 0 Å². The van der Waals surface area contributed by atoms with Crippen molar-refractivity contribution in [1.29, 1.82) is 0 Å². The Morgan fingerprint density at radius 3 is 2.76 bits per heavy atom. The van der Waals surface area contributed by atoms with Crippen molar-refractivity contribution in [2.24, 2.45) is 0 Å². The van der Waals surface area contributed by atoms with E-state index in [4.69, 9.17) is 11.6 Å². The van der Waals surface area contributed by atoms with Crippen molar-refractivity contribution < 1.29 is 4.79 Å². The Labute approximate surface area is 179 Å².